The maximum atomic E-state index is 12.9. The summed E-state index contributed by atoms with van der Waals surface area (Å²) >= 11 is 0. The molecular formula is C19H23N7O3S. The summed E-state index contributed by atoms with van der Waals surface area (Å²) in [6, 6.07) is 0.539. The van der Waals surface area contributed by atoms with Gasteiger partial charge in [-0.3, -0.25) is 14.5 Å². The van der Waals surface area contributed by atoms with Crippen LogP contribution in [-0.2, 0) is 29.3 Å². The summed E-state index contributed by atoms with van der Waals surface area (Å²) in [5.41, 5.74) is 5.00. The van der Waals surface area contributed by atoms with Crippen molar-refractivity contribution < 1.29 is 13.8 Å². The van der Waals surface area contributed by atoms with Crippen LogP contribution in [0.5, 0.6) is 0 Å². The fraction of sp³-hybridized carbons (Fsp3) is 0.474. The molecule has 2 aromatic heterocycles. The monoisotopic (exact) mass is 429 g/mol. The maximum Gasteiger partial charge on any atom is 0.354 e. The van der Waals surface area contributed by atoms with Gasteiger partial charge in [0.1, 0.15) is 5.69 Å². The zero-order chi connectivity index (χ0) is 21.0. The molecule has 30 heavy (non-hydrogen) atoms. The number of hydrogen-bond acceptors (Lipinski definition) is 5. The van der Waals surface area contributed by atoms with Crippen molar-refractivity contribution in [1.82, 2.24) is 20.1 Å². The van der Waals surface area contributed by atoms with E-state index in [2.05, 4.69) is 20.1 Å². The molecule has 2 aliphatic carbocycles. The molecule has 3 heterocycles. The topological polar surface area (TPSA) is 144 Å². The van der Waals surface area contributed by atoms with Gasteiger partial charge in [0.05, 0.1) is 12.2 Å². The SMILES string of the molecule is Cc1c(C2CC2)nc2c(c1NC(=O)N=S(N)(=O)c1cc3n(n1)CCNC3=O)CCC2. The second-order valence-electron chi connectivity index (χ2n) is 7.99. The van der Waals surface area contributed by atoms with Gasteiger partial charge in [-0.2, -0.15) is 5.10 Å². The predicted octanol–water partition coefficient (Wildman–Crippen LogP) is 1.63. The van der Waals surface area contributed by atoms with Crippen LogP contribution in [0.4, 0.5) is 10.5 Å². The number of aryl methyl sites for hydroxylation is 1. The number of anilines is 1. The molecule has 1 aliphatic heterocycles. The van der Waals surface area contributed by atoms with Crippen LogP contribution in [0.1, 0.15) is 58.2 Å². The molecule has 1 unspecified atom stereocenters. The molecular weight excluding hydrogens is 406 g/mol. The number of hydrogen-bond donors (Lipinski definition) is 3. The van der Waals surface area contributed by atoms with E-state index in [0.29, 0.717) is 24.7 Å². The number of nitrogens with one attached hydrogen (secondary N) is 2. The number of fused-ring (bicyclic) bond motifs is 2. The average Bonchev–Trinajstić information content (AvgIpc) is 3.23. The average molecular weight is 430 g/mol. The van der Waals surface area contributed by atoms with E-state index in [-0.39, 0.29) is 16.6 Å². The molecule has 0 saturated heterocycles. The minimum Gasteiger partial charge on any atom is -0.349 e. The second kappa shape index (κ2) is 6.88. The first-order valence-corrected chi connectivity index (χ1v) is 11.7. The Morgan fingerprint density at radius 1 is 1.40 bits per heavy atom. The Morgan fingerprint density at radius 2 is 2.20 bits per heavy atom. The summed E-state index contributed by atoms with van der Waals surface area (Å²) in [4.78, 5) is 29.4. The van der Waals surface area contributed by atoms with Crippen LogP contribution < -0.4 is 15.8 Å². The first-order valence-electron chi connectivity index (χ1n) is 10.1. The van der Waals surface area contributed by atoms with Crippen molar-refractivity contribution in [2.45, 2.75) is 56.5 Å². The van der Waals surface area contributed by atoms with E-state index in [1.807, 2.05) is 6.92 Å². The molecule has 3 amide bonds. The van der Waals surface area contributed by atoms with Crippen molar-refractivity contribution in [3.05, 3.63) is 34.3 Å². The fourth-order valence-electron chi connectivity index (χ4n) is 4.18. The molecule has 3 aliphatic rings. The van der Waals surface area contributed by atoms with E-state index in [4.69, 9.17) is 10.1 Å². The van der Waals surface area contributed by atoms with Gasteiger partial charge in [0.15, 0.2) is 14.9 Å². The predicted molar refractivity (Wildman–Crippen MR) is 110 cm³/mol. The quantitative estimate of drug-likeness (QED) is 0.679. The lowest BCUT2D eigenvalue weighted by molar-refractivity contribution is 0.0924. The summed E-state index contributed by atoms with van der Waals surface area (Å²) in [5.74, 6) is 0.125. The largest absolute Gasteiger partial charge is 0.354 e. The first-order chi connectivity index (χ1) is 14.3. The second-order valence-corrected chi connectivity index (χ2v) is 9.73. The summed E-state index contributed by atoms with van der Waals surface area (Å²) in [6.45, 7) is 2.82. The highest BCUT2D eigenvalue weighted by Crippen LogP contribution is 2.44. The zero-order valence-electron chi connectivity index (χ0n) is 16.6. The van der Waals surface area contributed by atoms with Crippen LogP contribution in [-0.4, -0.2) is 37.5 Å². The lowest BCUT2D eigenvalue weighted by Gasteiger charge is -2.15. The van der Waals surface area contributed by atoms with Crippen LogP contribution in [0.15, 0.2) is 15.5 Å². The number of amides is 3. The van der Waals surface area contributed by atoms with Crippen molar-refractivity contribution >= 4 is 27.5 Å². The number of carbonyl (C=O) groups excluding carboxylic acids is 2. The highest BCUT2D eigenvalue weighted by molar-refractivity contribution is 7.91. The van der Waals surface area contributed by atoms with Gasteiger partial charge in [-0.25, -0.2) is 14.1 Å². The molecule has 0 spiro atoms. The molecule has 11 heteroatoms. The minimum absolute atomic E-state index is 0.0833. The number of aromatic nitrogens is 3. The number of carbonyl (C=O) groups is 2. The van der Waals surface area contributed by atoms with Crippen molar-refractivity contribution in [2.24, 2.45) is 9.50 Å². The number of rotatable bonds is 3. The Labute approximate surface area is 173 Å². The van der Waals surface area contributed by atoms with Crippen LogP contribution in [0.25, 0.3) is 0 Å². The molecule has 4 N–H and O–H groups in total. The van der Waals surface area contributed by atoms with Crippen molar-refractivity contribution in [2.75, 3.05) is 11.9 Å². The standard InChI is InChI=1S/C19H23N7O3S/c1-10-16(11-5-6-11)22-13-4-2-3-12(13)17(10)23-19(28)25-30(20,29)15-9-14-18(27)21-7-8-26(14)24-15/h9,11H,2-8H2,1H3,(H,21,27)(H3,20,22,23,25,28,29). The Morgan fingerprint density at radius 3 is 2.93 bits per heavy atom. The number of urea groups is 1. The van der Waals surface area contributed by atoms with E-state index in [1.54, 1.807) is 0 Å². The van der Waals surface area contributed by atoms with Crippen LogP contribution in [0.2, 0.25) is 0 Å². The normalized spacial score (nSPS) is 19.5. The molecule has 158 valence electrons. The molecule has 1 fully saturated rings. The van der Waals surface area contributed by atoms with Gasteiger partial charge >= 0.3 is 6.03 Å². The third-order valence-electron chi connectivity index (χ3n) is 5.82. The molecule has 1 atom stereocenters. The Balaban J connectivity index is 1.47. The maximum absolute atomic E-state index is 12.9. The lowest BCUT2D eigenvalue weighted by Crippen LogP contribution is -2.35. The van der Waals surface area contributed by atoms with Crippen molar-refractivity contribution in [3.63, 3.8) is 0 Å². The molecule has 0 aromatic carbocycles. The highest BCUT2D eigenvalue weighted by atomic mass is 32.2. The number of nitrogens with zero attached hydrogens (tertiary/aromatic N) is 4. The van der Waals surface area contributed by atoms with Crippen molar-refractivity contribution in [1.29, 1.82) is 0 Å². The van der Waals surface area contributed by atoms with Gasteiger partial charge in [0.2, 0.25) is 0 Å². The highest BCUT2D eigenvalue weighted by Gasteiger charge is 2.31. The molecule has 0 radical (unpaired) electrons. The number of pyridine rings is 1. The van der Waals surface area contributed by atoms with E-state index in [9.17, 15) is 13.8 Å². The molecule has 1 saturated carbocycles. The van der Waals surface area contributed by atoms with Crippen LogP contribution in [0.3, 0.4) is 0 Å². The van der Waals surface area contributed by atoms with Gasteiger partial charge in [-0.1, -0.05) is 0 Å². The molecule has 10 nitrogen and oxygen atoms in total. The third-order valence-corrected chi connectivity index (χ3v) is 7.05. The molecule has 2 aromatic rings. The van der Waals surface area contributed by atoms with Gasteiger partial charge in [0, 0.05) is 29.9 Å². The Kier molecular flexibility index (Phi) is 4.40. The fourth-order valence-corrected chi connectivity index (χ4v) is 5.06. The van der Waals surface area contributed by atoms with Gasteiger partial charge < -0.3 is 10.6 Å². The molecule has 0 bridgehead atoms. The summed E-state index contributed by atoms with van der Waals surface area (Å²) in [5, 5.41) is 15.4. The van der Waals surface area contributed by atoms with Gasteiger partial charge in [0.25, 0.3) is 5.91 Å². The summed E-state index contributed by atoms with van der Waals surface area (Å²) in [6.07, 6.45) is 4.95. The van der Waals surface area contributed by atoms with Crippen LogP contribution in [0, 0.1) is 6.92 Å². The lowest BCUT2D eigenvalue weighted by atomic mass is 10.0. The summed E-state index contributed by atoms with van der Waals surface area (Å²) in [7, 11) is -3.60. The van der Waals surface area contributed by atoms with Crippen LogP contribution >= 0.6 is 0 Å². The Hall–Kier alpha value is -2.79. The van der Waals surface area contributed by atoms with E-state index in [0.717, 1.165) is 54.6 Å². The first kappa shape index (κ1) is 19.2. The smallest absolute Gasteiger partial charge is 0.349 e. The zero-order valence-corrected chi connectivity index (χ0v) is 17.4. The third kappa shape index (κ3) is 3.27. The Bertz CT molecular complexity index is 1210. The molecule has 5 rings (SSSR count). The van der Waals surface area contributed by atoms with E-state index >= 15 is 0 Å². The number of nitrogens with two attached hydrogens (primary N) is 1. The van der Waals surface area contributed by atoms with Gasteiger partial charge in [-0.15, -0.1) is 4.36 Å². The summed E-state index contributed by atoms with van der Waals surface area (Å²) < 4.78 is 18.1. The van der Waals surface area contributed by atoms with E-state index < -0.39 is 15.9 Å². The minimum atomic E-state index is -3.60. The van der Waals surface area contributed by atoms with Crippen molar-refractivity contribution in [3.8, 4) is 0 Å². The van der Waals surface area contributed by atoms with E-state index in [1.165, 1.54) is 10.7 Å². The van der Waals surface area contributed by atoms with Gasteiger partial charge in [-0.05, 0) is 50.2 Å².